The van der Waals surface area contributed by atoms with Crippen LogP contribution in [0.5, 0.6) is 0 Å². The smallest absolute Gasteiger partial charge is 0.129 e. The van der Waals surface area contributed by atoms with Crippen LogP contribution in [0.1, 0.15) is 19.3 Å². The number of hydrogen-bond donors (Lipinski definition) is 1. The molecule has 0 saturated carbocycles. The number of halogens is 1. The summed E-state index contributed by atoms with van der Waals surface area (Å²) in [4.78, 5) is 6.69. The van der Waals surface area contributed by atoms with Gasteiger partial charge in [-0.25, -0.2) is 4.98 Å². The third kappa shape index (κ3) is 1.89. The van der Waals surface area contributed by atoms with Crippen LogP contribution in [0.4, 0.5) is 5.69 Å². The van der Waals surface area contributed by atoms with Gasteiger partial charge in [0.05, 0.1) is 11.9 Å². The zero-order chi connectivity index (χ0) is 11.0. The molecule has 0 bridgehead atoms. The summed E-state index contributed by atoms with van der Waals surface area (Å²) >= 11 is 5.77. The van der Waals surface area contributed by atoms with Crippen molar-refractivity contribution in [1.82, 2.24) is 9.88 Å². The Bertz CT molecular complexity index is 365. The van der Waals surface area contributed by atoms with E-state index < -0.39 is 0 Å². The largest absolute Gasteiger partial charge is 0.379 e. The summed E-state index contributed by atoms with van der Waals surface area (Å²) in [7, 11) is 0. The number of nitrogens with one attached hydrogen (secondary N) is 1. The highest BCUT2D eigenvalue weighted by molar-refractivity contribution is 6.29. The lowest BCUT2D eigenvalue weighted by Gasteiger charge is -2.22. The Kier molecular flexibility index (Phi) is 2.74. The van der Waals surface area contributed by atoms with Crippen molar-refractivity contribution in [3.8, 4) is 0 Å². The fourth-order valence-corrected chi connectivity index (χ4v) is 3.04. The summed E-state index contributed by atoms with van der Waals surface area (Å²) < 4.78 is 0. The van der Waals surface area contributed by atoms with E-state index in [-0.39, 0.29) is 0 Å². The topological polar surface area (TPSA) is 28.2 Å². The minimum absolute atomic E-state index is 0.555. The molecule has 2 fully saturated rings. The van der Waals surface area contributed by atoms with Crippen molar-refractivity contribution < 1.29 is 0 Å². The Hall–Kier alpha value is -0.800. The Labute approximate surface area is 101 Å². The number of aromatic nitrogens is 1. The van der Waals surface area contributed by atoms with Crippen LogP contribution in [0.2, 0.25) is 5.15 Å². The summed E-state index contributed by atoms with van der Waals surface area (Å²) in [6, 6.07) is 5.17. The van der Waals surface area contributed by atoms with E-state index in [4.69, 9.17) is 11.6 Å². The van der Waals surface area contributed by atoms with Gasteiger partial charge in [0.15, 0.2) is 0 Å². The minimum Gasteiger partial charge on any atom is -0.379 e. The van der Waals surface area contributed by atoms with E-state index in [2.05, 4.69) is 15.2 Å². The van der Waals surface area contributed by atoms with Gasteiger partial charge < -0.3 is 5.32 Å². The lowest BCUT2D eigenvalue weighted by molar-refractivity contribution is 0.318. The Balaban J connectivity index is 1.68. The zero-order valence-electron chi connectivity index (χ0n) is 9.19. The highest BCUT2D eigenvalue weighted by Crippen LogP contribution is 2.29. The normalized spacial score (nSPS) is 29.3. The highest BCUT2D eigenvalue weighted by atomic mass is 35.5. The molecule has 0 radical (unpaired) electrons. The van der Waals surface area contributed by atoms with E-state index in [1.165, 1.54) is 32.4 Å². The quantitative estimate of drug-likeness (QED) is 0.801. The fraction of sp³-hybridized carbons (Fsp3) is 0.583. The number of fused-ring (bicyclic) bond motifs is 1. The molecule has 3 nitrogen and oxygen atoms in total. The summed E-state index contributed by atoms with van der Waals surface area (Å²) in [5.74, 6) is 0. The Morgan fingerprint density at radius 2 is 2.25 bits per heavy atom. The maximum Gasteiger partial charge on any atom is 0.129 e. The molecule has 2 aliphatic rings. The molecule has 3 rings (SSSR count). The maximum absolute atomic E-state index is 5.77. The molecule has 4 heteroatoms. The van der Waals surface area contributed by atoms with Gasteiger partial charge in [-0.15, -0.1) is 0 Å². The second-order valence-corrected chi connectivity index (χ2v) is 5.04. The average molecular weight is 238 g/mol. The molecular weight excluding hydrogens is 222 g/mol. The van der Waals surface area contributed by atoms with Crippen LogP contribution in [-0.2, 0) is 0 Å². The molecule has 2 unspecified atom stereocenters. The lowest BCUT2D eigenvalue weighted by atomic mass is 10.1. The fourth-order valence-electron chi connectivity index (χ4n) is 2.93. The first-order chi connectivity index (χ1) is 7.83. The number of nitrogens with zero attached hydrogens (tertiary/aromatic N) is 2. The molecule has 16 heavy (non-hydrogen) atoms. The minimum atomic E-state index is 0.555. The van der Waals surface area contributed by atoms with Crippen LogP contribution in [0.3, 0.4) is 0 Å². The first-order valence-corrected chi connectivity index (χ1v) is 6.33. The number of rotatable bonds is 2. The highest BCUT2D eigenvalue weighted by Gasteiger charge is 2.36. The molecule has 1 aromatic heterocycles. The SMILES string of the molecule is Clc1ccc(NC2CCN3CCCC23)cn1. The monoisotopic (exact) mass is 237 g/mol. The first-order valence-electron chi connectivity index (χ1n) is 5.95. The van der Waals surface area contributed by atoms with Crippen molar-refractivity contribution in [3.05, 3.63) is 23.5 Å². The standard InChI is InChI=1S/C12H16ClN3/c13-12-4-3-9(8-14-12)15-10-5-7-16-6-1-2-11(10)16/h3-4,8,10-11,15H,1-2,5-7H2. The average Bonchev–Trinajstić information content (AvgIpc) is 2.86. The molecular formula is C12H16ClN3. The molecule has 0 aliphatic carbocycles. The van der Waals surface area contributed by atoms with Gasteiger partial charge in [0, 0.05) is 18.6 Å². The number of pyridine rings is 1. The molecule has 86 valence electrons. The van der Waals surface area contributed by atoms with Gasteiger partial charge in [-0.1, -0.05) is 11.6 Å². The Morgan fingerprint density at radius 1 is 1.31 bits per heavy atom. The number of hydrogen-bond acceptors (Lipinski definition) is 3. The second-order valence-electron chi connectivity index (χ2n) is 4.65. The number of anilines is 1. The third-order valence-corrected chi connectivity index (χ3v) is 3.91. The van der Waals surface area contributed by atoms with Gasteiger partial charge in [-0.2, -0.15) is 0 Å². The van der Waals surface area contributed by atoms with Crippen LogP contribution in [0, 0.1) is 0 Å². The molecule has 0 amide bonds. The first kappa shape index (κ1) is 10.4. The van der Waals surface area contributed by atoms with E-state index in [1.807, 2.05) is 18.3 Å². The van der Waals surface area contributed by atoms with Crippen molar-refractivity contribution in [2.75, 3.05) is 18.4 Å². The summed E-state index contributed by atoms with van der Waals surface area (Å²) in [5.41, 5.74) is 1.09. The van der Waals surface area contributed by atoms with Crippen LogP contribution < -0.4 is 5.32 Å². The summed E-state index contributed by atoms with van der Waals surface area (Å²) in [5, 5.41) is 4.13. The molecule has 3 heterocycles. The predicted molar refractivity (Wildman–Crippen MR) is 65.9 cm³/mol. The molecule has 1 aromatic rings. The van der Waals surface area contributed by atoms with Gasteiger partial charge in [0.2, 0.25) is 0 Å². The Morgan fingerprint density at radius 3 is 3.06 bits per heavy atom. The van der Waals surface area contributed by atoms with Gasteiger partial charge in [0.1, 0.15) is 5.15 Å². The van der Waals surface area contributed by atoms with Crippen molar-refractivity contribution in [2.45, 2.75) is 31.3 Å². The summed E-state index contributed by atoms with van der Waals surface area (Å²) in [6.45, 7) is 2.52. The van der Waals surface area contributed by atoms with Crippen molar-refractivity contribution in [1.29, 1.82) is 0 Å². The summed E-state index contributed by atoms with van der Waals surface area (Å²) in [6.07, 6.45) is 5.74. The van der Waals surface area contributed by atoms with E-state index in [9.17, 15) is 0 Å². The van der Waals surface area contributed by atoms with Gasteiger partial charge in [-0.05, 0) is 37.9 Å². The zero-order valence-corrected chi connectivity index (χ0v) is 9.95. The van der Waals surface area contributed by atoms with Crippen LogP contribution in [-0.4, -0.2) is 35.1 Å². The molecule has 2 atom stereocenters. The molecule has 1 N–H and O–H groups in total. The third-order valence-electron chi connectivity index (χ3n) is 3.69. The predicted octanol–water partition coefficient (Wildman–Crippen LogP) is 2.38. The van der Waals surface area contributed by atoms with Gasteiger partial charge >= 0.3 is 0 Å². The molecule has 2 aliphatic heterocycles. The van der Waals surface area contributed by atoms with Crippen molar-refractivity contribution in [3.63, 3.8) is 0 Å². The maximum atomic E-state index is 5.77. The second kappa shape index (κ2) is 4.22. The van der Waals surface area contributed by atoms with Crippen LogP contribution in [0.15, 0.2) is 18.3 Å². The van der Waals surface area contributed by atoms with Gasteiger partial charge in [-0.3, -0.25) is 4.90 Å². The molecule has 2 saturated heterocycles. The molecule has 0 aromatic carbocycles. The van der Waals surface area contributed by atoms with E-state index >= 15 is 0 Å². The van der Waals surface area contributed by atoms with E-state index in [0.717, 1.165) is 11.7 Å². The molecule has 0 spiro atoms. The van der Waals surface area contributed by atoms with Crippen LogP contribution >= 0.6 is 11.6 Å². The van der Waals surface area contributed by atoms with E-state index in [1.54, 1.807) is 0 Å². The van der Waals surface area contributed by atoms with Crippen molar-refractivity contribution in [2.24, 2.45) is 0 Å². The van der Waals surface area contributed by atoms with Crippen LogP contribution in [0.25, 0.3) is 0 Å². The van der Waals surface area contributed by atoms with Gasteiger partial charge in [0.25, 0.3) is 0 Å². The van der Waals surface area contributed by atoms with Crippen molar-refractivity contribution >= 4 is 17.3 Å². The lowest BCUT2D eigenvalue weighted by Crippen LogP contribution is -2.33. The van der Waals surface area contributed by atoms with E-state index in [0.29, 0.717) is 11.2 Å².